The first-order valence-corrected chi connectivity index (χ1v) is 41.8. The minimum atomic E-state index is -4.61. The summed E-state index contributed by atoms with van der Waals surface area (Å²) in [5, 5.41) is 15.5. The smallest absolute Gasteiger partial charge is 0.416 e. The summed E-state index contributed by atoms with van der Waals surface area (Å²) in [5.74, 6) is -5.51. The first kappa shape index (κ1) is 97.6. The van der Waals surface area contributed by atoms with Crippen LogP contribution in [0.1, 0.15) is 90.7 Å². The number of nitriles is 1. The summed E-state index contributed by atoms with van der Waals surface area (Å²) in [6, 6.07) is 59.7. The topological polar surface area (TPSA) is 255 Å². The van der Waals surface area contributed by atoms with Crippen molar-refractivity contribution in [2.75, 3.05) is 31.3 Å². The highest BCUT2D eigenvalue weighted by atomic mass is 35.5. The summed E-state index contributed by atoms with van der Waals surface area (Å²) in [5.41, 5.74) is 8.09. The Morgan fingerprint density at radius 3 is 1.72 bits per heavy atom. The second-order valence-corrected chi connectivity index (χ2v) is 33.8. The fourth-order valence-corrected chi connectivity index (χ4v) is 15.5. The predicted molar refractivity (Wildman–Crippen MR) is 442 cm³/mol. The van der Waals surface area contributed by atoms with Crippen molar-refractivity contribution in [3.63, 3.8) is 0 Å². The average molecular weight is 1780 g/mol. The van der Waals surface area contributed by atoms with Gasteiger partial charge in [0.1, 0.15) is 86.5 Å². The van der Waals surface area contributed by atoms with Crippen LogP contribution < -0.4 is 45.8 Å². The molecule has 0 aliphatic heterocycles. The SMILES string of the molecule is CC(C)C(C(=O)OC(C#N)c1cccc(Oc2ccccc2)c1)c1ccc(OC(F)F)cc1.CCOP(=S)(CC)Sc1ccccc1.CCOc1ccc(C(COCc2cccc(Oc3ccc(Cl)cc3)c2)C(F)(F)F)cc1.NC(N)=O.O=C(NC(=O)c1c(F)cccc1F)Nc1ccc(Oc2ccc(C(F)(F)F)cc2Cl)cc1F.c1cscn1. The lowest BCUT2D eigenvalue weighted by Gasteiger charge is -2.22. The molecule has 6 N–H and O–H groups in total. The number of thiazole rings is 1. The minimum Gasteiger partial charge on any atom is -0.494 e. The number of rotatable bonds is 27. The fraction of sp³-hybridized carbons (Fsp3) is 0.200. The maximum absolute atomic E-state index is 14.3. The molecule has 0 radical (unpaired) electrons. The van der Waals surface area contributed by atoms with Crippen LogP contribution in [0.4, 0.5) is 63.6 Å². The van der Waals surface area contributed by atoms with Gasteiger partial charge in [0, 0.05) is 45.9 Å². The number of alkyl halides is 8. The summed E-state index contributed by atoms with van der Waals surface area (Å²) in [6.07, 6.45) is -7.46. The molecule has 1 heterocycles. The van der Waals surface area contributed by atoms with E-state index in [9.17, 15) is 67.9 Å². The fourth-order valence-electron chi connectivity index (χ4n) is 10.1. The molecule has 11 aromatic rings. The zero-order valence-corrected chi connectivity index (χ0v) is 69.1. The molecule has 4 unspecified atom stereocenters. The molecule has 1 aromatic heterocycles. The second-order valence-electron chi connectivity index (χ2n) is 24.6. The normalized spacial score (nSPS) is 12.0. The minimum absolute atomic E-state index is 0.00486. The monoisotopic (exact) mass is 1780 g/mol. The van der Waals surface area contributed by atoms with Crippen LogP contribution in [-0.4, -0.2) is 67.7 Å². The zero-order chi connectivity index (χ0) is 88.0. The highest BCUT2D eigenvalue weighted by molar-refractivity contribution is 8.69. The molecule has 18 nitrogen and oxygen atoms in total. The van der Waals surface area contributed by atoms with Crippen LogP contribution in [0.15, 0.2) is 259 Å². The third kappa shape index (κ3) is 34.2. The number of ether oxygens (including phenoxy) is 7. The lowest BCUT2D eigenvalue weighted by atomic mass is 9.88. The van der Waals surface area contributed by atoms with Crippen molar-refractivity contribution < 1.29 is 105 Å². The van der Waals surface area contributed by atoms with Crippen LogP contribution in [0.25, 0.3) is 0 Å². The number of halogens is 13. The van der Waals surface area contributed by atoms with Crippen LogP contribution in [-0.2, 0) is 43.4 Å². The van der Waals surface area contributed by atoms with Crippen LogP contribution in [0, 0.1) is 34.7 Å². The molecule has 11 rings (SSSR count). The molecule has 120 heavy (non-hydrogen) atoms. The van der Waals surface area contributed by atoms with Crippen LogP contribution in [0.5, 0.6) is 46.0 Å². The van der Waals surface area contributed by atoms with Crippen molar-refractivity contribution in [2.24, 2.45) is 17.4 Å². The lowest BCUT2D eigenvalue weighted by molar-refractivity contribution is -0.163. The molecule has 10 aromatic carbocycles. The van der Waals surface area contributed by atoms with Gasteiger partial charge in [-0.3, -0.25) is 19.9 Å². The van der Waals surface area contributed by atoms with Gasteiger partial charge in [0.25, 0.3) is 5.91 Å². The van der Waals surface area contributed by atoms with E-state index in [0.29, 0.717) is 69.7 Å². The van der Waals surface area contributed by atoms with E-state index in [2.05, 4.69) is 40.2 Å². The maximum atomic E-state index is 14.3. The van der Waals surface area contributed by atoms with Crippen LogP contribution in [0.2, 0.25) is 10.0 Å². The molecule has 35 heteroatoms. The number of hydrogen-bond donors (Lipinski definition) is 4. The van der Waals surface area contributed by atoms with Gasteiger partial charge in [0.05, 0.1) is 47.5 Å². The summed E-state index contributed by atoms with van der Waals surface area (Å²) in [4.78, 5) is 50.8. The summed E-state index contributed by atoms with van der Waals surface area (Å²) in [7, 11) is 0. The number of hydrogen-bond acceptors (Lipinski definition) is 17. The van der Waals surface area contributed by atoms with Gasteiger partial charge in [-0.15, -0.1) is 11.3 Å². The Kier molecular flexibility index (Phi) is 40.1. The van der Waals surface area contributed by atoms with E-state index in [0.717, 1.165) is 54.7 Å². The Labute approximate surface area is 707 Å². The summed E-state index contributed by atoms with van der Waals surface area (Å²) < 4.78 is 188. The van der Waals surface area contributed by atoms with Crippen LogP contribution in [0.3, 0.4) is 0 Å². The van der Waals surface area contributed by atoms with Gasteiger partial charge in [-0.25, -0.2) is 22.8 Å². The van der Waals surface area contributed by atoms with E-state index in [-0.39, 0.29) is 40.4 Å². The molecule has 0 bridgehead atoms. The van der Waals surface area contributed by atoms with Gasteiger partial charge in [-0.1, -0.05) is 158 Å². The number of nitrogens with two attached hydrogens (primary N) is 2. The molecule has 5 amide bonds. The van der Waals surface area contributed by atoms with Crippen molar-refractivity contribution in [1.82, 2.24) is 10.3 Å². The third-order valence-electron chi connectivity index (χ3n) is 15.5. The number of carbonyl (C=O) groups excluding carboxylic acids is 4. The number of nitrogens with zero attached hydrogens (tertiary/aromatic N) is 2. The highest BCUT2D eigenvalue weighted by Crippen LogP contribution is 2.62. The number of para-hydroxylation sites is 1. The predicted octanol–water partition coefficient (Wildman–Crippen LogP) is 24.9. The van der Waals surface area contributed by atoms with Gasteiger partial charge in [0.2, 0.25) is 6.10 Å². The summed E-state index contributed by atoms with van der Waals surface area (Å²) in [6.45, 7) is 7.37. The van der Waals surface area contributed by atoms with E-state index >= 15 is 0 Å². The van der Waals surface area contributed by atoms with E-state index in [1.807, 2.05) is 80.9 Å². The molecule has 0 aliphatic carbocycles. The second kappa shape index (κ2) is 49.3. The quantitative estimate of drug-likeness (QED) is 0.0212. The first-order chi connectivity index (χ1) is 57.1. The Morgan fingerprint density at radius 1 is 0.625 bits per heavy atom. The van der Waals surface area contributed by atoms with Crippen molar-refractivity contribution >= 4 is 92.8 Å². The molecule has 0 saturated heterocycles. The number of anilines is 1. The van der Waals surface area contributed by atoms with Gasteiger partial charge in [-0.05, 0) is 176 Å². The molecule has 634 valence electrons. The molecular formula is C85H78Cl2F11N6O12PS3. The Morgan fingerprint density at radius 2 is 1.18 bits per heavy atom. The maximum Gasteiger partial charge on any atom is 0.416 e. The number of esters is 1. The highest BCUT2D eigenvalue weighted by Gasteiger charge is 2.41. The number of aromatic nitrogens is 1. The van der Waals surface area contributed by atoms with E-state index in [4.69, 9.17) is 72.7 Å². The van der Waals surface area contributed by atoms with E-state index in [1.54, 1.807) is 137 Å². The molecular weight excluding hydrogens is 1700 g/mol. The number of primary amides is 2. The Hall–Kier alpha value is -11.3. The van der Waals surface area contributed by atoms with Gasteiger partial charge >= 0.3 is 37.0 Å². The van der Waals surface area contributed by atoms with E-state index < -0.39 is 107 Å². The van der Waals surface area contributed by atoms with Gasteiger partial charge < -0.3 is 54.5 Å². The first-order valence-electron chi connectivity index (χ1n) is 35.7. The Bertz CT molecular complexity index is 5080. The van der Waals surface area contributed by atoms with Gasteiger partial charge in [0.15, 0.2) is 0 Å². The van der Waals surface area contributed by atoms with Crippen molar-refractivity contribution in [3.8, 4) is 52.1 Å². The molecule has 0 fully saturated rings. The molecule has 0 aliphatic rings. The molecule has 0 spiro atoms. The van der Waals surface area contributed by atoms with Crippen LogP contribution >= 0.6 is 51.4 Å². The number of carbonyl (C=O) groups is 4. The number of amides is 5. The zero-order valence-electron chi connectivity index (χ0n) is 64.2. The number of imide groups is 1. The van der Waals surface area contributed by atoms with Crippen molar-refractivity contribution in [2.45, 2.75) is 83.0 Å². The largest absolute Gasteiger partial charge is 0.494 e. The molecule has 0 saturated carbocycles. The lowest BCUT2D eigenvalue weighted by Crippen LogP contribution is -2.35. The number of benzene rings is 10. The average Bonchev–Trinajstić information content (AvgIpc) is 1.18. The molecule has 4 atom stereocenters. The van der Waals surface area contributed by atoms with Crippen molar-refractivity contribution in [3.05, 3.63) is 315 Å². The van der Waals surface area contributed by atoms with Crippen molar-refractivity contribution in [1.29, 1.82) is 5.26 Å². The summed E-state index contributed by atoms with van der Waals surface area (Å²) >= 11 is 20.5. The third-order valence-corrected chi connectivity index (χ3v) is 23.1. The van der Waals surface area contributed by atoms with E-state index in [1.165, 1.54) is 41.3 Å². The van der Waals surface area contributed by atoms with Gasteiger partial charge in [-0.2, -0.15) is 40.4 Å². The Balaban J connectivity index is 0.000000246. The standard InChI is InChI=1S/C26H23F2NO4.C24H22ClF3O3.C21H11ClF6N2O3.C10H15OPS2.C3H3NS.CH4N2O/c1-17(2)24(18-11-13-21(14-12-18)32-26(27)28)25(30)33-23(16-29)19-7-6-10-22(15-19)31-20-8-4-3-5-9-20;1-2-30-20-10-6-18(7-11-20)23(24(26,27)28)16-29-15-17-4-3-5-22(14-17)31-21-12-8-19(25)9-13-21;22-12-8-10(21(26,27)28)4-7-17(12)33-11-5-6-16(15(25)9-11)29-20(32)30-19(31)18-13(23)2-1-3-14(18)24;1-3-11-12(13,4-2)14-10-8-6-5-7-9-10;1-2-5-3-4-1;2-1(3)4/h3-15,17,23-24,26H,1-2H3;3-14,23H,2,15-16H2,1H3;1-9H,(H2,29,30,31,32);5-9H,3-4H2,1-2H3;1-3H;(H4,2,3,4). The number of nitrogens with one attached hydrogen (secondary N) is 2. The number of urea groups is 2.